The van der Waals surface area contributed by atoms with E-state index < -0.39 is 0 Å². The zero-order valence-corrected chi connectivity index (χ0v) is 20.9. The normalized spacial score (nSPS) is 10.7. The molecule has 186 valence electrons. The number of fused-ring (bicyclic) bond motifs is 1. The number of benzene rings is 3. The van der Waals surface area contributed by atoms with Gasteiger partial charge in [-0.15, -0.1) is 13.2 Å². The monoisotopic (exact) mass is 484 g/mol. The molecule has 0 fully saturated rings. The van der Waals surface area contributed by atoms with Crippen molar-refractivity contribution in [1.82, 2.24) is 9.55 Å². The smallest absolute Gasteiger partial charge is 0.161 e. The van der Waals surface area contributed by atoms with Crippen molar-refractivity contribution in [3.05, 3.63) is 103 Å². The Labute approximate surface area is 212 Å². The molecule has 0 spiro atoms. The molecule has 4 rings (SSSR count). The van der Waals surface area contributed by atoms with Crippen molar-refractivity contribution in [3.8, 4) is 23.0 Å². The minimum absolute atomic E-state index is 0.297. The van der Waals surface area contributed by atoms with E-state index in [9.17, 15) is 0 Å². The van der Waals surface area contributed by atoms with E-state index in [-0.39, 0.29) is 0 Å². The number of ether oxygens (including phenoxy) is 4. The molecule has 4 aromatic rings. The highest BCUT2D eigenvalue weighted by Gasteiger charge is 2.14. The number of imidazole rings is 1. The number of aromatic nitrogens is 2. The Morgan fingerprint density at radius 1 is 0.778 bits per heavy atom. The molecule has 0 radical (unpaired) electrons. The van der Waals surface area contributed by atoms with E-state index in [1.807, 2.05) is 66.7 Å². The summed E-state index contributed by atoms with van der Waals surface area (Å²) in [6, 6.07) is 19.9. The van der Waals surface area contributed by atoms with Crippen molar-refractivity contribution in [3.63, 3.8) is 0 Å². The fraction of sp³-hybridized carbons (Fsp3) is 0.233. The summed E-state index contributed by atoms with van der Waals surface area (Å²) in [5.74, 6) is 3.58. The second kappa shape index (κ2) is 12.0. The van der Waals surface area contributed by atoms with Gasteiger partial charge in [-0.3, -0.25) is 0 Å². The maximum Gasteiger partial charge on any atom is 0.161 e. The van der Waals surface area contributed by atoms with Crippen LogP contribution in [0.4, 0.5) is 0 Å². The average molecular weight is 485 g/mol. The summed E-state index contributed by atoms with van der Waals surface area (Å²) >= 11 is 0. The topological polar surface area (TPSA) is 54.7 Å². The van der Waals surface area contributed by atoms with Gasteiger partial charge in [-0.05, 0) is 60.4 Å². The van der Waals surface area contributed by atoms with Crippen molar-refractivity contribution >= 4 is 11.0 Å². The van der Waals surface area contributed by atoms with Gasteiger partial charge in [0.1, 0.15) is 19.0 Å². The lowest BCUT2D eigenvalue weighted by Crippen LogP contribution is -2.13. The van der Waals surface area contributed by atoms with Crippen LogP contribution in [-0.2, 0) is 26.0 Å². The lowest BCUT2D eigenvalue weighted by Gasteiger charge is -2.15. The zero-order valence-electron chi connectivity index (χ0n) is 20.9. The van der Waals surface area contributed by atoms with Crippen molar-refractivity contribution in [2.45, 2.75) is 26.0 Å². The predicted molar refractivity (Wildman–Crippen MR) is 143 cm³/mol. The molecule has 6 nitrogen and oxygen atoms in total. The summed E-state index contributed by atoms with van der Waals surface area (Å²) < 4.78 is 25.5. The molecule has 36 heavy (non-hydrogen) atoms. The highest BCUT2D eigenvalue weighted by atomic mass is 16.5. The molecule has 0 saturated carbocycles. The first-order valence-corrected chi connectivity index (χ1v) is 11.9. The van der Waals surface area contributed by atoms with Crippen LogP contribution in [0, 0.1) is 0 Å². The summed E-state index contributed by atoms with van der Waals surface area (Å²) in [6.45, 7) is 8.95. The Kier molecular flexibility index (Phi) is 8.29. The van der Waals surface area contributed by atoms with Crippen LogP contribution in [-0.4, -0.2) is 30.4 Å². The molecule has 6 heteroatoms. The van der Waals surface area contributed by atoms with E-state index in [1.165, 1.54) is 0 Å². The van der Waals surface area contributed by atoms with Gasteiger partial charge in [0.15, 0.2) is 23.0 Å². The summed E-state index contributed by atoms with van der Waals surface area (Å²) in [5, 5.41) is 0. The highest BCUT2D eigenvalue weighted by Crippen LogP contribution is 2.30. The third-order valence-corrected chi connectivity index (χ3v) is 5.88. The number of hydrogen-bond acceptors (Lipinski definition) is 5. The van der Waals surface area contributed by atoms with E-state index in [0.29, 0.717) is 42.8 Å². The van der Waals surface area contributed by atoms with Crippen molar-refractivity contribution < 1.29 is 18.9 Å². The van der Waals surface area contributed by atoms with Crippen LogP contribution >= 0.6 is 0 Å². The standard InChI is InChI=1S/C30H32N2O4/c1-5-9-22-13-15-26(28(19-22)33-3)35-18-17-32-25-12-8-7-11-24(25)31-30(32)21-36-27-16-14-23(10-6-2)20-29(27)34-4/h5-8,11-16,19-20H,1-2,9-10,17-18,21H2,3-4H3. The predicted octanol–water partition coefficient (Wildman–Crippen LogP) is 6.17. The number of methoxy groups -OCH3 is 2. The molecule has 1 heterocycles. The Bertz CT molecular complexity index is 1340. The van der Waals surface area contributed by atoms with Crippen LogP contribution in [0.3, 0.4) is 0 Å². The number of hydrogen-bond donors (Lipinski definition) is 0. The Morgan fingerprint density at radius 2 is 1.39 bits per heavy atom. The second-order valence-corrected chi connectivity index (χ2v) is 8.26. The lowest BCUT2D eigenvalue weighted by molar-refractivity contribution is 0.257. The molecule has 0 amide bonds. The van der Waals surface area contributed by atoms with Gasteiger partial charge in [0.25, 0.3) is 0 Å². The third-order valence-electron chi connectivity index (χ3n) is 5.88. The van der Waals surface area contributed by atoms with E-state index in [2.05, 4.69) is 23.8 Å². The number of allylic oxidation sites excluding steroid dienone is 2. The minimum Gasteiger partial charge on any atom is -0.493 e. The Morgan fingerprint density at radius 3 is 2.00 bits per heavy atom. The molecule has 0 atom stereocenters. The van der Waals surface area contributed by atoms with Crippen LogP contribution in [0.15, 0.2) is 86.0 Å². The largest absolute Gasteiger partial charge is 0.493 e. The quantitative estimate of drug-likeness (QED) is 0.213. The molecule has 1 aromatic heterocycles. The van der Waals surface area contributed by atoms with Crippen LogP contribution in [0.25, 0.3) is 11.0 Å². The maximum atomic E-state index is 6.15. The molecule has 0 aliphatic carbocycles. The molecule has 0 saturated heterocycles. The van der Waals surface area contributed by atoms with Gasteiger partial charge >= 0.3 is 0 Å². The summed E-state index contributed by atoms with van der Waals surface area (Å²) in [5.41, 5.74) is 4.19. The number of nitrogens with zero attached hydrogens (tertiary/aromatic N) is 2. The molecule has 0 bridgehead atoms. The van der Waals surface area contributed by atoms with Crippen LogP contribution < -0.4 is 18.9 Å². The van der Waals surface area contributed by atoms with Crippen LogP contribution in [0.5, 0.6) is 23.0 Å². The first-order valence-electron chi connectivity index (χ1n) is 11.9. The number of para-hydroxylation sites is 2. The van der Waals surface area contributed by atoms with E-state index in [4.69, 9.17) is 23.9 Å². The van der Waals surface area contributed by atoms with Gasteiger partial charge in [-0.1, -0.05) is 36.4 Å². The summed E-state index contributed by atoms with van der Waals surface area (Å²) in [6.07, 6.45) is 5.29. The molecule has 0 aliphatic heterocycles. The summed E-state index contributed by atoms with van der Waals surface area (Å²) in [7, 11) is 3.29. The summed E-state index contributed by atoms with van der Waals surface area (Å²) in [4.78, 5) is 4.82. The fourth-order valence-electron chi connectivity index (χ4n) is 4.12. The van der Waals surface area contributed by atoms with E-state index >= 15 is 0 Å². The first-order chi connectivity index (χ1) is 17.7. The molecule has 0 N–H and O–H groups in total. The van der Waals surface area contributed by atoms with E-state index in [1.54, 1.807) is 14.2 Å². The fourth-order valence-corrected chi connectivity index (χ4v) is 4.12. The van der Waals surface area contributed by atoms with Gasteiger partial charge < -0.3 is 23.5 Å². The van der Waals surface area contributed by atoms with Crippen molar-refractivity contribution in [2.75, 3.05) is 20.8 Å². The van der Waals surface area contributed by atoms with Crippen molar-refractivity contribution in [1.29, 1.82) is 0 Å². The lowest BCUT2D eigenvalue weighted by atomic mass is 10.1. The van der Waals surface area contributed by atoms with Crippen LogP contribution in [0.2, 0.25) is 0 Å². The molecule has 0 unspecified atom stereocenters. The van der Waals surface area contributed by atoms with Gasteiger partial charge in [0, 0.05) is 0 Å². The molecule has 0 aliphatic rings. The van der Waals surface area contributed by atoms with Gasteiger partial charge in [-0.25, -0.2) is 4.98 Å². The zero-order chi connectivity index (χ0) is 25.3. The van der Waals surface area contributed by atoms with Gasteiger partial charge in [0.2, 0.25) is 0 Å². The SMILES string of the molecule is C=CCc1ccc(OCCn2c(COc3ccc(CC=C)cc3OC)nc3ccccc32)c(OC)c1. The average Bonchev–Trinajstić information content (AvgIpc) is 3.26. The molecule has 3 aromatic carbocycles. The molecular weight excluding hydrogens is 452 g/mol. The number of rotatable bonds is 13. The second-order valence-electron chi connectivity index (χ2n) is 8.26. The first kappa shape index (κ1) is 24.9. The highest BCUT2D eigenvalue weighted by molar-refractivity contribution is 5.75. The van der Waals surface area contributed by atoms with E-state index in [0.717, 1.165) is 40.8 Å². The van der Waals surface area contributed by atoms with Crippen molar-refractivity contribution in [2.24, 2.45) is 0 Å². The Balaban J connectivity index is 1.51. The maximum absolute atomic E-state index is 6.15. The molecular formula is C30H32N2O4. The van der Waals surface area contributed by atoms with Gasteiger partial charge in [-0.2, -0.15) is 0 Å². The van der Waals surface area contributed by atoms with Gasteiger partial charge in [0.05, 0.1) is 31.8 Å². The third kappa shape index (κ3) is 5.71. The van der Waals surface area contributed by atoms with Crippen LogP contribution in [0.1, 0.15) is 17.0 Å². The minimum atomic E-state index is 0.297. The Hall–Kier alpha value is -4.19.